The van der Waals surface area contributed by atoms with Gasteiger partial charge in [0, 0.05) is 5.75 Å². The van der Waals surface area contributed by atoms with Gasteiger partial charge in [0.25, 0.3) is 0 Å². The second-order valence-corrected chi connectivity index (χ2v) is 2.10. The Morgan fingerprint density at radius 1 is 1.62 bits per heavy atom. The number of hydrogen-bond donors (Lipinski definition) is 2. The van der Waals surface area contributed by atoms with Crippen LogP contribution in [0, 0.1) is 0 Å². The van der Waals surface area contributed by atoms with Crippen molar-refractivity contribution in [2.75, 3.05) is 5.75 Å². The molecular formula is C6H12OS. The van der Waals surface area contributed by atoms with Crippen LogP contribution in [0.3, 0.4) is 0 Å². The van der Waals surface area contributed by atoms with Gasteiger partial charge < -0.3 is 5.11 Å². The lowest BCUT2D eigenvalue weighted by molar-refractivity contribution is 0.198. The van der Waals surface area contributed by atoms with Crippen LogP contribution in [0.25, 0.3) is 0 Å². The average molecular weight is 132 g/mol. The Balaban J connectivity index is 3.03. The topological polar surface area (TPSA) is 20.2 Å². The largest absolute Gasteiger partial charge is 0.393 e. The molecule has 0 radical (unpaired) electrons. The first kappa shape index (κ1) is 8.05. The fourth-order valence-corrected chi connectivity index (χ4v) is 0.517. The van der Waals surface area contributed by atoms with Crippen LogP contribution in [0.5, 0.6) is 0 Å². The minimum Gasteiger partial charge on any atom is -0.393 e. The lowest BCUT2D eigenvalue weighted by Gasteiger charge is -1.94. The zero-order chi connectivity index (χ0) is 6.41. The van der Waals surface area contributed by atoms with E-state index in [1.165, 1.54) is 0 Å². The Kier molecular flexibility index (Phi) is 5.22. The minimum atomic E-state index is -0.217. The molecule has 0 aromatic rings. The molecule has 0 saturated heterocycles. The summed E-state index contributed by atoms with van der Waals surface area (Å²) < 4.78 is 0. The Labute approximate surface area is 55.8 Å². The van der Waals surface area contributed by atoms with E-state index in [9.17, 15) is 0 Å². The van der Waals surface area contributed by atoms with Gasteiger partial charge in [0.2, 0.25) is 0 Å². The molecule has 0 spiro atoms. The van der Waals surface area contributed by atoms with Gasteiger partial charge in [0.15, 0.2) is 0 Å². The maximum absolute atomic E-state index is 8.70. The molecule has 2 heteroatoms. The minimum absolute atomic E-state index is 0.217. The van der Waals surface area contributed by atoms with Gasteiger partial charge >= 0.3 is 0 Å². The molecule has 0 aliphatic heterocycles. The lowest BCUT2D eigenvalue weighted by atomic mass is 10.3. The second-order valence-electron chi connectivity index (χ2n) is 1.74. The molecule has 0 heterocycles. The molecule has 1 unspecified atom stereocenters. The molecule has 1 N–H and O–H groups in total. The van der Waals surface area contributed by atoms with Gasteiger partial charge in [0.1, 0.15) is 0 Å². The maximum atomic E-state index is 8.70. The van der Waals surface area contributed by atoms with Gasteiger partial charge in [0.05, 0.1) is 6.10 Å². The predicted molar refractivity (Wildman–Crippen MR) is 39.3 cm³/mol. The molecule has 0 bridgehead atoms. The van der Waals surface area contributed by atoms with Crippen LogP contribution in [0.4, 0.5) is 0 Å². The predicted octanol–water partition coefficient (Wildman–Crippen LogP) is 1.24. The van der Waals surface area contributed by atoms with Gasteiger partial charge in [-0.1, -0.05) is 12.2 Å². The first-order valence-electron chi connectivity index (χ1n) is 2.71. The van der Waals surface area contributed by atoms with Crippen molar-refractivity contribution in [1.29, 1.82) is 0 Å². The van der Waals surface area contributed by atoms with Crippen LogP contribution in [-0.4, -0.2) is 17.0 Å². The van der Waals surface area contributed by atoms with Crippen molar-refractivity contribution in [2.45, 2.75) is 19.4 Å². The summed E-state index contributed by atoms with van der Waals surface area (Å²) in [4.78, 5) is 0. The van der Waals surface area contributed by atoms with Gasteiger partial charge in [-0.25, -0.2) is 0 Å². The van der Waals surface area contributed by atoms with Crippen LogP contribution < -0.4 is 0 Å². The summed E-state index contributed by atoms with van der Waals surface area (Å²) in [6.45, 7) is 1.77. The van der Waals surface area contributed by atoms with E-state index in [2.05, 4.69) is 12.6 Å². The Bertz CT molecular complexity index is 68.9. The summed E-state index contributed by atoms with van der Waals surface area (Å²) in [7, 11) is 0. The summed E-state index contributed by atoms with van der Waals surface area (Å²) in [6, 6.07) is 0. The SMILES string of the molecule is CC(O)CC=CCS. The average Bonchev–Trinajstić information content (AvgIpc) is 1.66. The Hall–Kier alpha value is 0.0500. The molecule has 0 aromatic carbocycles. The summed E-state index contributed by atoms with van der Waals surface area (Å²) in [5.74, 6) is 0.757. The van der Waals surface area contributed by atoms with Crippen molar-refractivity contribution in [3.05, 3.63) is 12.2 Å². The summed E-state index contributed by atoms with van der Waals surface area (Å²) in [5, 5.41) is 8.70. The summed E-state index contributed by atoms with van der Waals surface area (Å²) in [5.41, 5.74) is 0. The van der Waals surface area contributed by atoms with Gasteiger partial charge in [-0.15, -0.1) is 0 Å². The molecule has 1 atom stereocenters. The third kappa shape index (κ3) is 6.05. The Morgan fingerprint density at radius 2 is 2.25 bits per heavy atom. The third-order valence-corrected chi connectivity index (χ3v) is 0.960. The second kappa shape index (κ2) is 5.19. The van der Waals surface area contributed by atoms with Crippen molar-refractivity contribution < 1.29 is 5.11 Å². The van der Waals surface area contributed by atoms with Crippen LogP contribution >= 0.6 is 12.6 Å². The molecular weight excluding hydrogens is 120 g/mol. The molecule has 48 valence electrons. The van der Waals surface area contributed by atoms with E-state index in [0.29, 0.717) is 0 Å². The monoisotopic (exact) mass is 132 g/mol. The van der Waals surface area contributed by atoms with Gasteiger partial charge in [-0.2, -0.15) is 12.6 Å². The highest BCUT2D eigenvalue weighted by Gasteiger charge is 1.86. The fourth-order valence-electron chi connectivity index (χ4n) is 0.368. The van der Waals surface area contributed by atoms with E-state index in [4.69, 9.17) is 5.11 Å². The van der Waals surface area contributed by atoms with Crippen LogP contribution in [-0.2, 0) is 0 Å². The van der Waals surface area contributed by atoms with Gasteiger partial charge in [-0.3, -0.25) is 0 Å². The number of hydrogen-bond acceptors (Lipinski definition) is 2. The highest BCUT2D eigenvalue weighted by Crippen LogP contribution is 1.90. The normalized spacial score (nSPS) is 14.9. The van der Waals surface area contributed by atoms with E-state index in [1.54, 1.807) is 6.92 Å². The van der Waals surface area contributed by atoms with E-state index in [0.717, 1.165) is 12.2 Å². The van der Waals surface area contributed by atoms with E-state index >= 15 is 0 Å². The van der Waals surface area contributed by atoms with Crippen molar-refractivity contribution >= 4 is 12.6 Å². The Morgan fingerprint density at radius 3 is 2.62 bits per heavy atom. The number of aliphatic hydroxyl groups is 1. The van der Waals surface area contributed by atoms with Crippen molar-refractivity contribution in [3.63, 3.8) is 0 Å². The summed E-state index contributed by atoms with van der Waals surface area (Å²) >= 11 is 3.95. The smallest absolute Gasteiger partial charge is 0.0546 e. The standard InChI is InChI=1S/C6H12OS/c1-6(7)4-2-3-5-8/h2-3,6-8H,4-5H2,1H3. The zero-order valence-electron chi connectivity index (χ0n) is 5.04. The molecule has 0 aliphatic carbocycles. The molecule has 0 aliphatic rings. The van der Waals surface area contributed by atoms with E-state index < -0.39 is 0 Å². The van der Waals surface area contributed by atoms with Gasteiger partial charge in [-0.05, 0) is 13.3 Å². The highest BCUT2D eigenvalue weighted by molar-refractivity contribution is 7.80. The lowest BCUT2D eigenvalue weighted by Crippen LogP contribution is -1.95. The van der Waals surface area contributed by atoms with E-state index in [1.807, 2.05) is 12.2 Å². The van der Waals surface area contributed by atoms with Crippen molar-refractivity contribution in [1.82, 2.24) is 0 Å². The molecule has 0 saturated carbocycles. The molecule has 0 fully saturated rings. The number of thiol groups is 1. The van der Waals surface area contributed by atoms with Crippen LogP contribution in [0.2, 0.25) is 0 Å². The first-order chi connectivity index (χ1) is 3.77. The molecule has 1 nitrogen and oxygen atoms in total. The van der Waals surface area contributed by atoms with Crippen LogP contribution in [0.15, 0.2) is 12.2 Å². The van der Waals surface area contributed by atoms with E-state index in [-0.39, 0.29) is 6.10 Å². The van der Waals surface area contributed by atoms with Crippen molar-refractivity contribution in [3.8, 4) is 0 Å². The first-order valence-corrected chi connectivity index (χ1v) is 3.34. The maximum Gasteiger partial charge on any atom is 0.0546 e. The van der Waals surface area contributed by atoms with Crippen LogP contribution in [0.1, 0.15) is 13.3 Å². The molecule has 0 aromatic heterocycles. The quantitative estimate of drug-likeness (QED) is 0.437. The highest BCUT2D eigenvalue weighted by atomic mass is 32.1. The van der Waals surface area contributed by atoms with Crippen molar-refractivity contribution in [2.24, 2.45) is 0 Å². The third-order valence-electron chi connectivity index (χ3n) is 0.749. The molecule has 0 amide bonds. The number of aliphatic hydroxyl groups excluding tert-OH is 1. The number of rotatable bonds is 3. The summed E-state index contributed by atoms with van der Waals surface area (Å²) in [6.07, 6.45) is 4.37. The zero-order valence-corrected chi connectivity index (χ0v) is 5.94. The fraction of sp³-hybridized carbons (Fsp3) is 0.667. The molecule has 0 rings (SSSR count). The molecule has 8 heavy (non-hydrogen) atoms.